The van der Waals surface area contributed by atoms with Crippen LogP contribution in [0.25, 0.3) is 0 Å². The molecule has 2 unspecified atom stereocenters. The summed E-state index contributed by atoms with van der Waals surface area (Å²) >= 11 is 0. The predicted octanol–water partition coefficient (Wildman–Crippen LogP) is 3.40. The lowest BCUT2D eigenvalue weighted by Crippen LogP contribution is -2.47. The van der Waals surface area contributed by atoms with Gasteiger partial charge in [-0.3, -0.25) is 5.32 Å². The van der Waals surface area contributed by atoms with Gasteiger partial charge in [0.05, 0.1) is 12.2 Å². The zero-order valence-electron chi connectivity index (χ0n) is 12.0. The molecule has 0 spiro atoms. The van der Waals surface area contributed by atoms with Crippen molar-refractivity contribution in [3.05, 3.63) is 0 Å². The van der Waals surface area contributed by atoms with E-state index in [2.05, 4.69) is 11.4 Å². The highest BCUT2D eigenvalue weighted by atomic mass is 19.4. The Bertz CT molecular complexity index is 299. The molecule has 0 rings (SSSR count). The summed E-state index contributed by atoms with van der Waals surface area (Å²) in [5.41, 5.74) is -0.725. The molecule has 0 fully saturated rings. The molecule has 19 heavy (non-hydrogen) atoms. The van der Waals surface area contributed by atoms with E-state index >= 15 is 0 Å². The second kappa shape index (κ2) is 7.71. The predicted molar refractivity (Wildman–Crippen MR) is 67.6 cm³/mol. The molecular formula is C13H23F3N2O. The number of hydrogen-bond donors (Lipinski definition) is 1. The normalized spacial score (nSPS) is 17.0. The molecule has 0 saturated heterocycles. The fourth-order valence-corrected chi connectivity index (χ4v) is 1.96. The van der Waals surface area contributed by atoms with E-state index in [1.165, 1.54) is 0 Å². The Hall–Kier alpha value is -0.800. The maximum absolute atomic E-state index is 11.9. The van der Waals surface area contributed by atoms with Gasteiger partial charge in [-0.2, -0.15) is 18.4 Å². The fourth-order valence-electron chi connectivity index (χ4n) is 1.96. The molecule has 0 heterocycles. The Kier molecular flexibility index (Phi) is 7.38. The Labute approximate surface area is 113 Å². The second-order valence-corrected chi connectivity index (χ2v) is 5.35. The van der Waals surface area contributed by atoms with Crippen LogP contribution in [0, 0.1) is 11.3 Å². The molecular weight excluding hydrogens is 257 g/mol. The zero-order valence-corrected chi connectivity index (χ0v) is 12.0. The first-order valence-corrected chi connectivity index (χ1v) is 6.45. The smallest absolute Gasteiger partial charge is 0.378 e. The Morgan fingerprint density at radius 2 is 1.84 bits per heavy atom. The quantitative estimate of drug-likeness (QED) is 0.693. The monoisotopic (exact) mass is 280 g/mol. The number of halogens is 3. The average Bonchev–Trinajstić information content (AvgIpc) is 2.22. The van der Waals surface area contributed by atoms with E-state index in [1.807, 2.05) is 13.8 Å². The standard InChI is InChI=1S/C13H23F3N2O/c1-10(2)18-12(4,9-17)8-11(3)19-7-5-6-13(14,15)16/h10-11,18H,5-8H2,1-4H3. The van der Waals surface area contributed by atoms with Crippen LogP contribution in [-0.2, 0) is 4.74 Å². The van der Waals surface area contributed by atoms with Crippen molar-refractivity contribution >= 4 is 0 Å². The summed E-state index contributed by atoms with van der Waals surface area (Å²) in [4.78, 5) is 0. The number of hydrogen-bond acceptors (Lipinski definition) is 3. The molecule has 0 aromatic heterocycles. The summed E-state index contributed by atoms with van der Waals surface area (Å²) in [5.74, 6) is 0. The molecule has 0 aliphatic heterocycles. The van der Waals surface area contributed by atoms with Crippen LogP contribution in [0.2, 0.25) is 0 Å². The maximum atomic E-state index is 11.9. The summed E-state index contributed by atoms with van der Waals surface area (Å²) in [7, 11) is 0. The van der Waals surface area contributed by atoms with Gasteiger partial charge < -0.3 is 4.74 Å². The van der Waals surface area contributed by atoms with E-state index in [4.69, 9.17) is 10.00 Å². The van der Waals surface area contributed by atoms with Gasteiger partial charge in [-0.25, -0.2) is 0 Å². The largest absolute Gasteiger partial charge is 0.389 e. The fraction of sp³-hybridized carbons (Fsp3) is 0.923. The van der Waals surface area contributed by atoms with Crippen molar-refractivity contribution in [2.75, 3.05) is 6.61 Å². The second-order valence-electron chi connectivity index (χ2n) is 5.35. The first kappa shape index (κ1) is 18.2. The van der Waals surface area contributed by atoms with E-state index in [0.29, 0.717) is 6.42 Å². The third-order valence-electron chi connectivity index (χ3n) is 2.56. The molecule has 1 N–H and O–H groups in total. The van der Waals surface area contributed by atoms with Crippen LogP contribution in [0.4, 0.5) is 13.2 Å². The highest BCUT2D eigenvalue weighted by molar-refractivity contribution is 5.05. The zero-order chi connectivity index (χ0) is 15.1. The summed E-state index contributed by atoms with van der Waals surface area (Å²) in [5, 5.41) is 12.3. The first-order valence-electron chi connectivity index (χ1n) is 6.45. The van der Waals surface area contributed by atoms with Crippen LogP contribution in [0.1, 0.15) is 47.0 Å². The molecule has 0 aromatic carbocycles. The highest BCUT2D eigenvalue weighted by Crippen LogP contribution is 2.21. The van der Waals surface area contributed by atoms with E-state index in [0.717, 1.165) is 0 Å². The van der Waals surface area contributed by atoms with Crippen LogP contribution in [0.3, 0.4) is 0 Å². The maximum Gasteiger partial charge on any atom is 0.389 e. The molecule has 0 saturated carbocycles. The van der Waals surface area contributed by atoms with E-state index in [-0.39, 0.29) is 25.2 Å². The molecule has 112 valence electrons. The average molecular weight is 280 g/mol. The number of nitriles is 1. The molecule has 2 atom stereocenters. The highest BCUT2D eigenvalue weighted by Gasteiger charge is 2.28. The van der Waals surface area contributed by atoms with Gasteiger partial charge in [0.25, 0.3) is 0 Å². The van der Waals surface area contributed by atoms with Crippen molar-refractivity contribution in [2.45, 2.75) is 70.8 Å². The van der Waals surface area contributed by atoms with Crippen molar-refractivity contribution in [1.82, 2.24) is 5.32 Å². The topological polar surface area (TPSA) is 45.0 Å². The molecule has 3 nitrogen and oxygen atoms in total. The third kappa shape index (κ3) is 9.74. The van der Waals surface area contributed by atoms with Gasteiger partial charge in [0.2, 0.25) is 0 Å². The van der Waals surface area contributed by atoms with E-state index in [1.54, 1.807) is 13.8 Å². The number of ether oxygens (including phenoxy) is 1. The summed E-state index contributed by atoms with van der Waals surface area (Å²) in [6, 6.07) is 2.34. The number of nitrogens with zero attached hydrogens (tertiary/aromatic N) is 1. The van der Waals surface area contributed by atoms with Gasteiger partial charge in [-0.1, -0.05) is 0 Å². The minimum Gasteiger partial charge on any atom is -0.378 e. The van der Waals surface area contributed by atoms with Crippen molar-refractivity contribution < 1.29 is 17.9 Å². The van der Waals surface area contributed by atoms with Crippen LogP contribution < -0.4 is 5.32 Å². The molecule has 0 radical (unpaired) electrons. The van der Waals surface area contributed by atoms with Gasteiger partial charge in [-0.05, 0) is 34.1 Å². The third-order valence-corrected chi connectivity index (χ3v) is 2.56. The van der Waals surface area contributed by atoms with Crippen LogP contribution >= 0.6 is 0 Å². The van der Waals surface area contributed by atoms with Crippen molar-refractivity contribution in [3.8, 4) is 6.07 Å². The minimum atomic E-state index is -4.13. The van der Waals surface area contributed by atoms with Crippen molar-refractivity contribution in [3.63, 3.8) is 0 Å². The molecule has 0 aliphatic rings. The van der Waals surface area contributed by atoms with Gasteiger partial charge in [-0.15, -0.1) is 0 Å². The van der Waals surface area contributed by atoms with E-state index < -0.39 is 18.1 Å². The SMILES string of the molecule is CC(C)NC(C)(C#N)CC(C)OCCCC(F)(F)F. The molecule has 6 heteroatoms. The van der Waals surface area contributed by atoms with Gasteiger partial charge in [0.15, 0.2) is 0 Å². The summed E-state index contributed by atoms with van der Waals surface area (Å²) in [6.45, 7) is 7.46. The van der Waals surface area contributed by atoms with Crippen LogP contribution in [0.15, 0.2) is 0 Å². The summed E-state index contributed by atoms with van der Waals surface area (Å²) in [6.07, 6.45) is -4.83. The lowest BCUT2D eigenvalue weighted by molar-refractivity contribution is -0.138. The van der Waals surface area contributed by atoms with Gasteiger partial charge in [0.1, 0.15) is 5.54 Å². The number of rotatable bonds is 8. The minimum absolute atomic E-state index is 0.0469. The Morgan fingerprint density at radius 1 is 1.26 bits per heavy atom. The molecule has 0 amide bonds. The lowest BCUT2D eigenvalue weighted by Gasteiger charge is -2.28. The van der Waals surface area contributed by atoms with Crippen LogP contribution in [0.5, 0.6) is 0 Å². The van der Waals surface area contributed by atoms with Crippen molar-refractivity contribution in [2.24, 2.45) is 0 Å². The van der Waals surface area contributed by atoms with Crippen molar-refractivity contribution in [1.29, 1.82) is 5.26 Å². The number of nitrogens with one attached hydrogen (secondary N) is 1. The molecule has 0 bridgehead atoms. The van der Waals surface area contributed by atoms with Gasteiger partial charge >= 0.3 is 6.18 Å². The Balaban J connectivity index is 4.02. The molecule has 0 aliphatic carbocycles. The molecule has 0 aromatic rings. The number of alkyl halides is 3. The van der Waals surface area contributed by atoms with Crippen LogP contribution in [-0.4, -0.2) is 30.5 Å². The first-order chi connectivity index (χ1) is 8.58. The van der Waals surface area contributed by atoms with E-state index in [9.17, 15) is 13.2 Å². The lowest BCUT2D eigenvalue weighted by atomic mass is 9.95. The van der Waals surface area contributed by atoms with Gasteiger partial charge in [0, 0.05) is 25.5 Å². The Morgan fingerprint density at radius 3 is 2.26 bits per heavy atom. The summed E-state index contributed by atoms with van der Waals surface area (Å²) < 4.78 is 41.1.